The molecule has 2 heteroatoms. The molecule has 0 aromatic heterocycles. The van der Waals surface area contributed by atoms with Crippen molar-refractivity contribution in [1.29, 1.82) is 0 Å². The molecule has 0 aromatic carbocycles. The monoisotopic (exact) mass is 322 g/mol. The van der Waals surface area contributed by atoms with Crippen molar-refractivity contribution in [1.82, 2.24) is 0 Å². The summed E-state index contributed by atoms with van der Waals surface area (Å²) < 4.78 is 7.17. The van der Waals surface area contributed by atoms with E-state index in [0.29, 0.717) is 22.5 Å². The standard InChI is InChI=1S/C20H38OSi/c1-11-20(10)13-12-18(14(2)3)19(20)21-22(15(4)5,16(6)7)17(8)9/h11,15-19H,1-2,12-13H2,3-10H3/t18-,19-,20-/m0/s1. The van der Waals surface area contributed by atoms with Gasteiger partial charge < -0.3 is 4.43 Å². The topological polar surface area (TPSA) is 9.23 Å². The molecule has 0 amide bonds. The van der Waals surface area contributed by atoms with Crippen LogP contribution in [0.2, 0.25) is 16.6 Å². The van der Waals surface area contributed by atoms with E-state index in [9.17, 15) is 0 Å². The fourth-order valence-electron chi connectivity index (χ4n) is 4.79. The van der Waals surface area contributed by atoms with Crippen molar-refractivity contribution in [3.05, 3.63) is 24.8 Å². The lowest BCUT2D eigenvalue weighted by Crippen LogP contribution is -2.53. The zero-order valence-electron chi connectivity index (χ0n) is 16.2. The molecule has 0 radical (unpaired) electrons. The van der Waals surface area contributed by atoms with E-state index in [-0.39, 0.29) is 11.5 Å². The fourth-order valence-corrected chi connectivity index (χ4v) is 10.5. The van der Waals surface area contributed by atoms with E-state index in [1.54, 1.807) is 0 Å². The third-order valence-electron chi connectivity index (χ3n) is 6.15. The van der Waals surface area contributed by atoms with Gasteiger partial charge in [0.15, 0.2) is 0 Å². The fraction of sp³-hybridized carbons (Fsp3) is 0.800. The SMILES string of the molecule is C=C[C@@]1(C)CC[C@@H](C(=C)C)[C@@H]1O[Si](C(C)C)(C(C)C)C(C)C. The third kappa shape index (κ3) is 3.28. The predicted octanol–water partition coefficient (Wildman–Crippen LogP) is 6.73. The molecule has 1 aliphatic rings. The predicted molar refractivity (Wildman–Crippen MR) is 102 cm³/mol. The van der Waals surface area contributed by atoms with Gasteiger partial charge in [0.1, 0.15) is 0 Å². The van der Waals surface area contributed by atoms with Crippen molar-refractivity contribution in [3.8, 4) is 0 Å². The van der Waals surface area contributed by atoms with Gasteiger partial charge in [-0.3, -0.25) is 0 Å². The number of hydrogen-bond donors (Lipinski definition) is 0. The van der Waals surface area contributed by atoms with Crippen molar-refractivity contribution < 1.29 is 4.43 Å². The van der Waals surface area contributed by atoms with Gasteiger partial charge in [0.05, 0.1) is 6.10 Å². The van der Waals surface area contributed by atoms with Crippen LogP contribution in [0, 0.1) is 11.3 Å². The van der Waals surface area contributed by atoms with Crippen molar-refractivity contribution in [2.24, 2.45) is 11.3 Å². The van der Waals surface area contributed by atoms with E-state index < -0.39 is 8.32 Å². The maximum Gasteiger partial charge on any atom is 0.200 e. The second kappa shape index (κ2) is 7.05. The van der Waals surface area contributed by atoms with Gasteiger partial charge in [-0.2, -0.15) is 0 Å². The average molecular weight is 323 g/mol. The van der Waals surface area contributed by atoms with Crippen LogP contribution in [0.4, 0.5) is 0 Å². The summed E-state index contributed by atoms with van der Waals surface area (Å²) in [5, 5.41) is 0. The van der Waals surface area contributed by atoms with Gasteiger partial charge in [-0.25, -0.2) is 0 Å². The van der Waals surface area contributed by atoms with Crippen molar-refractivity contribution in [3.63, 3.8) is 0 Å². The minimum absolute atomic E-state index is 0.0839. The Balaban J connectivity index is 3.28. The molecule has 22 heavy (non-hydrogen) atoms. The minimum atomic E-state index is -1.87. The van der Waals surface area contributed by atoms with Crippen LogP contribution in [0.3, 0.4) is 0 Å². The molecular formula is C20H38OSi. The molecule has 0 heterocycles. The smallest absolute Gasteiger partial charge is 0.200 e. The Hall–Kier alpha value is -0.343. The normalized spacial score (nSPS) is 29.6. The number of hydrogen-bond acceptors (Lipinski definition) is 1. The Bertz CT molecular complexity index is 388. The van der Waals surface area contributed by atoms with Crippen LogP contribution >= 0.6 is 0 Å². The Morgan fingerprint density at radius 2 is 1.59 bits per heavy atom. The highest BCUT2D eigenvalue weighted by molar-refractivity contribution is 6.77. The van der Waals surface area contributed by atoms with Crippen LogP contribution in [0.15, 0.2) is 24.8 Å². The lowest BCUT2D eigenvalue weighted by Gasteiger charge is -2.48. The van der Waals surface area contributed by atoms with Crippen LogP contribution in [-0.4, -0.2) is 14.4 Å². The second-order valence-corrected chi connectivity index (χ2v) is 14.0. The first kappa shape index (κ1) is 19.7. The van der Waals surface area contributed by atoms with E-state index in [4.69, 9.17) is 4.43 Å². The number of rotatable bonds is 7. The lowest BCUT2D eigenvalue weighted by atomic mass is 9.84. The van der Waals surface area contributed by atoms with Gasteiger partial charge in [0, 0.05) is 11.3 Å². The largest absolute Gasteiger partial charge is 0.412 e. The van der Waals surface area contributed by atoms with Crippen molar-refractivity contribution in [2.75, 3.05) is 0 Å². The molecule has 0 unspecified atom stereocenters. The molecule has 0 aromatic rings. The molecule has 1 aliphatic carbocycles. The molecular weight excluding hydrogens is 284 g/mol. The van der Waals surface area contributed by atoms with Gasteiger partial charge in [-0.05, 0) is 36.4 Å². The molecule has 0 aliphatic heterocycles. The lowest BCUT2D eigenvalue weighted by molar-refractivity contribution is 0.0789. The molecule has 0 spiro atoms. The van der Waals surface area contributed by atoms with Gasteiger partial charge in [0.2, 0.25) is 8.32 Å². The van der Waals surface area contributed by atoms with Crippen LogP contribution < -0.4 is 0 Å². The summed E-state index contributed by atoms with van der Waals surface area (Å²) in [5.41, 5.74) is 3.21. The van der Waals surface area contributed by atoms with Crippen LogP contribution in [0.1, 0.15) is 68.2 Å². The van der Waals surface area contributed by atoms with E-state index in [2.05, 4.69) is 74.6 Å². The average Bonchev–Trinajstić information content (AvgIpc) is 2.72. The zero-order chi connectivity index (χ0) is 17.3. The quantitative estimate of drug-likeness (QED) is 0.373. The van der Waals surface area contributed by atoms with Crippen molar-refractivity contribution in [2.45, 2.75) is 91.0 Å². The second-order valence-electron chi connectivity index (χ2n) is 8.56. The Kier molecular flexibility index (Phi) is 6.31. The zero-order valence-corrected chi connectivity index (χ0v) is 17.2. The highest BCUT2D eigenvalue weighted by Gasteiger charge is 2.53. The first-order valence-corrected chi connectivity index (χ1v) is 11.1. The maximum absolute atomic E-state index is 7.17. The van der Waals surface area contributed by atoms with Gasteiger partial charge in [-0.1, -0.05) is 66.7 Å². The van der Waals surface area contributed by atoms with Crippen LogP contribution in [0.25, 0.3) is 0 Å². The molecule has 0 bridgehead atoms. The van der Waals surface area contributed by atoms with E-state index in [1.807, 2.05) is 0 Å². The summed E-state index contributed by atoms with van der Waals surface area (Å²) in [7, 11) is -1.87. The first-order valence-electron chi connectivity index (χ1n) is 8.99. The Morgan fingerprint density at radius 3 is 1.91 bits per heavy atom. The molecule has 1 rings (SSSR count). The van der Waals surface area contributed by atoms with Gasteiger partial charge in [-0.15, -0.1) is 6.58 Å². The molecule has 1 fully saturated rings. The Labute approximate surface area is 140 Å². The molecule has 1 saturated carbocycles. The molecule has 0 N–H and O–H groups in total. The van der Waals surface area contributed by atoms with Crippen LogP contribution in [0.5, 0.6) is 0 Å². The highest BCUT2D eigenvalue weighted by Crippen LogP contribution is 2.52. The molecule has 128 valence electrons. The summed E-state index contributed by atoms with van der Waals surface area (Å²) in [4.78, 5) is 0. The van der Waals surface area contributed by atoms with Crippen molar-refractivity contribution >= 4 is 8.32 Å². The summed E-state index contributed by atoms with van der Waals surface area (Å²) in [6.45, 7) is 27.1. The molecule has 1 nitrogen and oxygen atoms in total. The maximum atomic E-state index is 7.17. The van der Waals surface area contributed by atoms with Crippen LogP contribution in [-0.2, 0) is 4.43 Å². The Morgan fingerprint density at radius 1 is 1.14 bits per heavy atom. The minimum Gasteiger partial charge on any atom is -0.412 e. The van der Waals surface area contributed by atoms with E-state index in [1.165, 1.54) is 12.0 Å². The van der Waals surface area contributed by atoms with E-state index in [0.717, 1.165) is 6.42 Å². The summed E-state index contributed by atoms with van der Waals surface area (Å²) in [6.07, 6.45) is 4.74. The summed E-state index contributed by atoms with van der Waals surface area (Å²) in [6, 6.07) is 0. The molecule has 3 atom stereocenters. The highest BCUT2D eigenvalue weighted by atomic mass is 28.4. The first-order chi connectivity index (χ1) is 10.0. The summed E-state index contributed by atoms with van der Waals surface area (Å²) >= 11 is 0. The summed E-state index contributed by atoms with van der Waals surface area (Å²) in [5.74, 6) is 0.478. The third-order valence-corrected chi connectivity index (χ3v) is 12.2. The van der Waals surface area contributed by atoms with Gasteiger partial charge >= 0.3 is 0 Å². The van der Waals surface area contributed by atoms with E-state index >= 15 is 0 Å². The van der Waals surface area contributed by atoms with Gasteiger partial charge in [0.25, 0.3) is 0 Å². The molecule has 0 saturated heterocycles.